The van der Waals surface area contributed by atoms with Crippen LogP contribution >= 0.6 is 0 Å². The van der Waals surface area contributed by atoms with Gasteiger partial charge in [-0.3, -0.25) is 0 Å². The van der Waals surface area contributed by atoms with Gasteiger partial charge in [0.2, 0.25) is 5.95 Å². The molecular weight excluding hydrogens is 156 g/mol. The number of hydrogen-bond acceptors (Lipinski definition) is 5. The molecule has 0 saturated carbocycles. The largest absolute Gasteiger partial charge is 0.368 e. The SMILES string of the molecule is Nc1nccc(-n2nccn2)n1. The smallest absolute Gasteiger partial charge is 0.222 e. The van der Waals surface area contributed by atoms with Crippen LogP contribution in [0.15, 0.2) is 24.7 Å². The third-order valence-corrected chi connectivity index (χ3v) is 1.28. The highest BCUT2D eigenvalue weighted by Gasteiger charge is 1.98. The zero-order valence-electron chi connectivity index (χ0n) is 6.12. The zero-order valence-corrected chi connectivity index (χ0v) is 6.12. The summed E-state index contributed by atoms with van der Waals surface area (Å²) in [6.07, 6.45) is 4.69. The van der Waals surface area contributed by atoms with Crippen LogP contribution in [0.3, 0.4) is 0 Å². The van der Waals surface area contributed by atoms with Crippen LogP contribution in [0.4, 0.5) is 5.95 Å². The van der Waals surface area contributed by atoms with Crippen molar-refractivity contribution in [3.63, 3.8) is 0 Å². The molecule has 2 rings (SSSR count). The van der Waals surface area contributed by atoms with Gasteiger partial charge in [0, 0.05) is 12.3 Å². The van der Waals surface area contributed by atoms with E-state index in [-0.39, 0.29) is 5.95 Å². The summed E-state index contributed by atoms with van der Waals surface area (Å²) >= 11 is 0. The Balaban J connectivity index is 2.48. The molecule has 6 heteroatoms. The lowest BCUT2D eigenvalue weighted by Gasteiger charge is -1.96. The third kappa shape index (κ3) is 1.09. The molecule has 0 spiro atoms. The van der Waals surface area contributed by atoms with E-state index in [4.69, 9.17) is 5.73 Å². The molecule has 0 aliphatic rings. The molecule has 60 valence electrons. The van der Waals surface area contributed by atoms with Crippen molar-refractivity contribution in [1.82, 2.24) is 25.0 Å². The molecule has 0 radical (unpaired) electrons. The Morgan fingerprint density at radius 1 is 1.17 bits per heavy atom. The van der Waals surface area contributed by atoms with E-state index >= 15 is 0 Å². The molecule has 0 aromatic carbocycles. The fraction of sp³-hybridized carbons (Fsp3) is 0. The first-order valence-electron chi connectivity index (χ1n) is 3.31. The summed E-state index contributed by atoms with van der Waals surface area (Å²) in [5.41, 5.74) is 5.37. The second kappa shape index (κ2) is 2.57. The quantitative estimate of drug-likeness (QED) is 0.619. The van der Waals surface area contributed by atoms with Gasteiger partial charge >= 0.3 is 0 Å². The molecule has 2 N–H and O–H groups in total. The second-order valence-electron chi connectivity index (χ2n) is 2.09. The topological polar surface area (TPSA) is 82.5 Å². The first kappa shape index (κ1) is 6.71. The van der Waals surface area contributed by atoms with Crippen molar-refractivity contribution in [2.75, 3.05) is 5.73 Å². The minimum atomic E-state index is 0.213. The fourth-order valence-corrected chi connectivity index (χ4v) is 0.809. The zero-order chi connectivity index (χ0) is 8.39. The minimum Gasteiger partial charge on any atom is -0.368 e. The Kier molecular flexibility index (Phi) is 1.44. The molecule has 0 bridgehead atoms. The predicted molar refractivity (Wildman–Crippen MR) is 41.4 cm³/mol. The van der Waals surface area contributed by atoms with Gasteiger partial charge in [-0.2, -0.15) is 15.2 Å². The van der Waals surface area contributed by atoms with Gasteiger partial charge in [-0.15, -0.1) is 4.80 Å². The highest BCUT2D eigenvalue weighted by atomic mass is 15.5. The van der Waals surface area contributed by atoms with E-state index in [2.05, 4.69) is 20.2 Å². The van der Waals surface area contributed by atoms with E-state index in [9.17, 15) is 0 Å². The first-order valence-corrected chi connectivity index (χ1v) is 3.31. The van der Waals surface area contributed by atoms with E-state index in [0.717, 1.165) is 0 Å². The molecule has 2 aromatic rings. The van der Waals surface area contributed by atoms with Crippen molar-refractivity contribution in [1.29, 1.82) is 0 Å². The maximum absolute atomic E-state index is 5.37. The Morgan fingerprint density at radius 2 is 1.92 bits per heavy atom. The summed E-state index contributed by atoms with van der Waals surface area (Å²) in [6.45, 7) is 0. The number of nitrogens with zero attached hydrogens (tertiary/aromatic N) is 5. The lowest BCUT2D eigenvalue weighted by atomic mass is 10.6. The van der Waals surface area contributed by atoms with Gasteiger partial charge < -0.3 is 5.73 Å². The predicted octanol–water partition coefficient (Wildman–Crippen LogP) is -0.361. The van der Waals surface area contributed by atoms with Gasteiger partial charge in [0.15, 0.2) is 5.82 Å². The molecule has 0 unspecified atom stereocenters. The van der Waals surface area contributed by atoms with E-state index in [0.29, 0.717) is 5.82 Å². The van der Waals surface area contributed by atoms with Crippen LogP contribution in [0.25, 0.3) is 5.82 Å². The fourth-order valence-electron chi connectivity index (χ4n) is 0.809. The summed E-state index contributed by atoms with van der Waals surface area (Å²) in [6, 6.07) is 1.68. The van der Waals surface area contributed by atoms with Crippen LogP contribution in [0.5, 0.6) is 0 Å². The second-order valence-corrected chi connectivity index (χ2v) is 2.09. The van der Waals surface area contributed by atoms with Crippen molar-refractivity contribution < 1.29 is 0 Å². The normalized spacial score (nSPS) is 10.0. The molecule has 12 heavy (non-hydrogen) atoms. The van der Waals surface area contributed by atoms with Crippen molar-refractivity contribution in [3.05, 3.63) is 24.7 Å². The van der Waals surface area contributed by atoms with Crippen molar-refractivity contribution in [3.8, 4) is 5.82 Å². The lowest BCUT2D eigenvalue weighted by molar-refractivity contribution is 0.727. The molecule has 0 atom stereocenters. The Labute approximate surface area is 68.1 Å². The van der Waals surface area contributed by atoms with Gasteiger partial charge in [-0.25, -0.2) is 4.98 Å². The number of hydrogen-bond donors (Lipinski definition) is 1. The third-order valence-electron chi connectivity index (χ3n) is 1.28. The molecule has 2 aromatic heterocycles. The standard InChI is InChI=1S/C6H6N6/c7-6-8-2-1-5(11-6)12-9-3-4-10-12/h1-4H,(H2,7,8,11). The van der Waals surface area contributed by atoms with Crippen LogP contribution in [-0.4, -0.2) is 25.0 Å². The van der Waals surface area contributed by atoms with Crippen LogP contribution < -0.4 is 5.73 Å². The average Bonchev–Trinajstić information content (AvgIpc) is 2.56. The molecule has 0 amide bonds. The summed E-state index contributed by atoms with van der Waals surface area (Å²) in [5.74, 6) is 0.775. The molecular formula is C6H6N6. The molecule has 0 fully saturated rings. The van der Waals surface area contributed by atoms with Gasteiger partial charge in [-0.05, 0) is 0 Å². The molecule has 0 aliphatic carbocycles. The lowest BCUT2D eigenvalue weighted by Crippen LogP contribution is -2.04. The van der Waals surface area contributed by atoms with Crippen LogP contribution in [-0.2, 0) is 0 Å². The molecule has 0 saturated heterocycles. The molecule has 0 aliphatic heterocycles. The maximum atomic E-state index is 5.37. The van der Waals surface area contributed by atoms with E-state index in [1.54, 1.807) is 24.7 Å². The van der Waals surface area contributed by atoms with Crippen molar-refractivity contribution >= 4 is 5.95 Å². The first-order chi connectivity index (χ1) is 5.86. The van der Waals surface area contributed by atoms with Gasteiger partial charge in [0.05, 0.1) is 12.4 Å². The van der Waals surface area contributed by atoms with Gasteiger partial charge in [0.1, 0.15) is 0 Å². The monoisotopic (exact) mass is 162 g/mol. The highest BCUT2D eigenvalue weighted by molar-refractivity contribution is 5.25. The Hall–Kier alpha value is -1.98. The van der Waals surface area contributed by atoms with Crippen molar-refractivity contribution in [2.24, 2.45) is 0 Å². The van der Waals surface area contributed by atoms with E-state index in [1.165, 1.54) is 4.80 Å². The Morgan fingerprint density at radius 3 is 2.58 bits per heavy atom. The van der Waals surface area contributed by atoms with E-state index in [1.807, 2.05) is 0 Å². The summed E-state index contributed by atoms with van der Waals surface area (Å²) in [4.78, 5) is 9.04. The number of nitrogens with two attached hydrogens (primary N) is 1. The summed E-state index contributed by atoms with van der Waals surface area (Å²) < 4.78 is 0. The summed E-state index contributed by atoms with van der Waals surface area (Å²) in [5, 5.41) is 7.77. The maximum Gasteiger partial charge on any atom is 0.222 e. The molecule has 2 heterocycles. The van der Waals surface area contributed by atoms with Crippen LogP contribution in [0.1, 0.15) is 0 Å². The Bertz CT molecular complexity index is 367. The van der Waals surface area contributed by atoms with E-state index < -0.39 is 0 Å². The number of aromatic nitrogens is 5. The van der Waals surface area contributed by atoms with Gasteiger partial charge in [0.25, 0.3) is 0 Å². The highest BCUT2D eigenvalue weighted by Crippen LogP contribution is 1.99. The average molecular weight is 162 g/mol. The summed E-state index contributed by atoms with van der Waals surface area (Å²) in [7, 11) is 0. The minimum absolute atomic E-state index is 0.213. The number of nitrogen functional groups attached to an aromatic ring is 1. The number of anilines is 1. The van der Waals surface area contributed by atoms with Gasteiger partial charge in [-0.1, -0.05) is 0 Å². The van der Waals surface area contributed by atoms with Crippen LogP contribution in [0, 0.1) is 0 Å². The molecule has 6 nitrogen and oxygen atoms in total. The van der Waals surface area contributed by atoms with Crippen molar-refractivity contribution in [2.45, 2.75) is 0 Å². The van der Waals surface area contributed by atoms with Crippen LogP contribution in [0.2, 0.25) is 0 Å². The number of rotatable bonds is 1.